The predicted molar refractivity (Wildman–Crippen MR) is 53.7 cm³/mol. The highest BCUT2D eigenvalue weighted by atomic mass is 35.5. The van der Waals surface area contributed by atoms with Crippen molar-refractivity contribution < 1.29 is 9.84 Å². The second-order valence-electron chi connectivity index (χ2n) is 2.56. The molecule has 2 nitrogen and oxygen atoms in total. The fraction of sp³-hybridized carbons (Fsp3) is 0.333. The van der Waals surface area contributed by atoms with E-state index in [1.54, 1.807) is 25.3 Å². The van der Waals surface area contributed by atoms with E-state index >= 15 is 0 Å². The van der Waals surface area contributed by atoms with Crippen LogP contribution in [-0.2, 0) is 0 Å². The molecule has 13 heavy (non-hydrogen) atoms. The van der Waals surface area contributed by atoms with Crippen LogP contribution < -0.4 is 4.74 Å². The molecule has 0 aromatic heterocycles. The number of hydrogen-bond acceptors (Lipinski definition) is 2. The molecule has 0 heterocycles. The number of methoxy groups -OCH3 is 1. The first-order valence-corrected chi connectivity index (χ1v) is 4.67. The van der Waals surface area contributed by atoms with E-state index in [1.165, 1.54) is 0 Å². The lowest BCUT2D eigenvalue weighted by Gasteiger charge is -2.09. The molecule has 1 aromatic carbocycles. The fourth-order valence-electron chi connectivity index (χ4n) is 0.979. The average Bonchev–Trinajstić information content (AvgIpc) is 2.16. The molecule has 1 rings (SSSR count). The van der Waals surface area contributed by atoms with Crippen molar-refractivity contribution >= 4 is 23.2 Å². The minimum absolute atomic E-state index is 0.155. The van der Waals surface area contributed by atoms with Gasteiger partial charge in [-0.2, -0.15) is 0 Å². The minimum atomic E-state index is -0.676. The summed E-state index contributed by atoms with van der Waals surface area (Å²) in [5, 5.41) is 9.86. The summed E-state index contributed by atoms with van der Waals surface area (Å²) < 4.78 is 4.97. The van der Waals surface area contributed by atoms with Crippen molar-refractivity contribution in [1.82, 2.24) is 0 Å². The number of aliphatic hydroxyl groups is 1. The number of hydrogen-bond donors (Lipinski definition) is 1. The van der Waals surface area contributed by atoms with Crippen molar-refractivity contribution in [3.8, 4) is 5.75 Å². The standard InChI is InChI=1S/C9H10Cl2O2/c1-13-9-3-2-6(4-7(9)11)8(12)5-10/h2-4,8,12H,5H2,1H3. The summed E-state index contributed by atoms with van der Waals surface area (Å²) in [6.45, 7) is 0. The lowest BCUT2D eigenvalue weighted by atomic mass is 10.1. The fourth-order valence-corrected chi connectivity index (χ4v) is 1.42. The predicted octanol–water partition coefficient (Wildman–Crippen LogP) is 2.62. The molecule has 1 aromatic rings. The van der Waals surface area contributed by atoms with Gasteiger partial charge in [-0.15, -0.1) is 11.6 Å². The lowest BCUT2D eigenvalue weighted by molar-refractivity contribution is 0.202. The molecule has 0 fully saturated rings. The minimum Gasteiger partial charge on any atom is -0.495 e. The average molecular weight is 221 g/mol. The first-order valence-electron chi connectivity index (χ1n) is 3.76. The van der Waals surface area contributed by atoms with Gasteiger partial charge in [-0.1, -0.05) is 17.7 Å². The first kappa shape index (κ1) is 10.6. The summed E-state index contributed by atoms with van der Waals surface area (Å²) in [5.41, 5.74) is 0.695. The molecular weight excluding hydrogens is 211 g/mol. The normalized spacial score (nSPS) is 12.6. The van der Waals surface area contributed by atoms with Crippen LogP contribution in [0.25, 0.3) is 0 Å². The summed E-state index contributed by atoms with van der Waals surface area (Å²) in [7, 11) is 1.54. The van der Waals surface area contributed by atoms with Crippen LogP contribution in [0.2, 0.25) is 5.02 Å². The molecule has 0 saturated carbocycles. The molecule has 1 atom stereocenters. The van der Waals surface area contributed by atoms with Gasteiger partial charge in [0.05, 0.1) is 24.1 Å². The third kappa shape index (κ3) is 2.50. The quantitative estimate of drug-likeness (QED) is 0.795. The highest BCUT2D eigenvalue weighted by Crippen LogP contribution is 2.27. The lowest BCUT2D eigenvalue weighted by Crippen LogP contribution is -1.98. The number of ether oxygens (including phenoxy) is 1. The topological polar surface area (TPSA) is 29.5 Å². The van der Waals surface area contributed by atoms with E-state index in [9.17, 15) is 5.11 Å². The smallest absolute Gasteiger partial charge is 0.137 e. The summed E-state index contributed by atoms with van der Waals surface area (Å²) in [6.07, 6.45) is -0.676. The van der Waals surface area contributed by atoms with E-state index in [1.807, 2.05) is 0 Å². The maximum Gasteiger partial charge on any atom is 0.137 e. The molecule has 72 valence electrons. The molecule has 0 aliphatic rings. The Labute approximate surface area is 87.0 Å². The number of rotatable bonds is 3. The van der Waals surface area contributed by atoms with Gasteiger partial charge in [0.15, 0.2) is 0 Å². The van der Waals surface area contributed by atoms with Gasteiger partial charge in [0.25, 0.3) is 0 Å². The van der Waals surface area contributed by atoms with E-state index in [0.29, 0.717) is 16.3 Å². The van der Waals surface area contributed by atoms with Gasteiger partial charge >= 0.3 is 0 Å². The Hall–Kier alpha value is -0.440. The molecule has 0 saturated heterocycles. The van der Waals surface area contributed by atoms with Crippen molar-refractivity contribution in [1.29, 1.82) is 0 Å². The molecule has 0 aliphatic heterocycles. The van der Waals surface area contributed by atoms with Crippen LogP contribution >= 0.6 is 23.2 Å². The molecule has 0 spiro atoms. The highest BCUT2D eigenvalue weighted by molar-refractivity contribution is 6.32. The molecule has 0 bridgehead atoms. The Balaban J connectivity index is 2.95. The largest absolute Gasteiger partial charge is 0.495 e. The van der Waals surface area contributed by atoms with Crippen LogP contribution in [0, 0.1) is 0 Å². The summed E-state index contributed by atoms with van der Waals surface area (Å²) in [5.74, 6) is 0.745. The zero-order chi connectivity index (χ0) is 9.84. The molecule has 1 N–H and O–H groups in total. The number of halogens is 2. The van der Waals surface area contributed by atoms with Gasteiger partial charge in [0.2, 0.25) is 0 Å². The van der Waals surface area contributed by atoms with E-state index in [4.69, 9.17) is 27.9 Å². The Kier molecular flexibility index (Phi) is 3.85. The van der Waals surface area contributed by atoms with Crippen molar-refractivity contribution in [3.63, 3.8) is 0 Å². The van der Waals surface area contributed by atoms with Crippen LogP contribution in [0.1, 0.15) is 11.7 Å². The molecular formula is C9H10Cl2O2. The van der Waals surface area contributed by atoms with E-state index < -0.39 is 6.10 Å². The number of aliphatic hydroxyl groups excluding tert-OH is 1. The third-order valence-electron chi connectivity index (χ3n) is 1.71. The Morgan fingerprint density at radius 1 is 1.54 bits per heavy atom. The number of benzene rings is 1. The van der Waals surface area contributed by atoms with Crippen LogP contribution in [0.3, 0.4) is 0 Å². The third-order valence-corrected chi connectivity index (χ3v) is 2.29. The van der Waals surface area contributed by atoms with Gasteiger partial charge < -0.3 is 9.84 Å². The molecule has 4 heteroatoms. The van der Waals surface area contributed by atoms with Crippen molar-refractivity contribution in [2.75, 3.05) is 13.0 Å². The van der Waals surface area contributed by atoms with Crippen LogP contribution in [-0.4, -0.2) is 18.1 Å². The molecule has 0 aliphatic carbocycles. The van der Waals surface area contributed by atoms with Gasteiger partial charge in [0.1, 0.15) is 5.75 Å². The highest BCUT2D eigenvalue weighted by Gasteiger charge is 2.08. The van der Waals surface area contributed by atoms with Crippen molar-refractivity contribution in [2.24, 2.45) is 0 Å². The Morgan fingerprint density at radius 2 is 2.23 bits per heavy atom. The first-order chi connectivity index (χ1) is 6.19. The van der Waals surface area contributed by atoms with Gasteiger partial charge in [-0.3, -0.25) is 0 Å². The van der Waals surface area contributed by atoms with Crippen molar-refractivity contribution in [2.45, 2.75) is 6.10 Å². The SMILES string of the molecule is COc1ccc(C(O)CCl)cc1Cl. The van der Waals surface area contributed by atoms with E-state index in [0.717, 1.165) is 0 Å². The zero-order valence-corrected chi connectivity index (χ0v) is 8.64. The van der Waals surface area contributed by atoms with E-state index in [-0.39, 0.29) is 5.88 Å². The van der Waals surface area contributed by atoms with Crippen molar-refractivity contribution in [3.05, 3.63) is 28.8 Å². The van der Waals surface area contributed by atoms with Crippen LogP contribution in [0.4, 0.5) is 0 Å². The monoisotopic (exact) mass is 220 g/mol. The molecule has 0 radical (unpaired) electrons. The van der Waals surface area contributed by atoms with Gasteiger partial charge in [0, 0.05) is 0 Å². The molecule has 0 amide bonds. The summed E-state index contributed by atoms with van der Waals surface area (Å²) >= 11 is 11.3. The van der Waals surface area contributed by atoms with Crippen LogP contribution in [0.15, 0.2) is 18.2 Å². The summed E-state index contributed by atoms with van der Waals surface area (Å²) in [6, 6.07) is 5.08. The number of alkyl halides is 1. The molecule has 1 unspecified atom stereocenters. The van der Waals surface area contributed by atoms with Gasteiger partial charge in [-0.25, -0.2) is 0 Å². The second kappa shape index (κ2) is 4.70. The zero-order valence-electron chi connectivity index (χ0n) is 7.13. The van der Waals surface area contributed by atoms with Gasteiger partial charge in [-0.05, 0) is 17.7 Å². The maximum atomic E-state index is 9.39. The van der Waals surface area contributed by atoms with Crippen LogP contribution in [0.5, 0.6) is 5.75 Å². The Bertz CT molecular complexity index is 289. The summed E-state index contributed by atoms with van der Waals surface area (Å²) in [4.78, 5) is 0. The maximum absolute atomic E-state index is 9.39. The second-order valence-corrected chi connectivity index (χ2v) is 3.28. The Morgan fingerprint density at radius 3 is 2.69 bits per heavy atom. The van der Waals surface area contributed by atoms with E-state index in [2.05, 4.69) is 0 Å².